The van der Waals surface area contributed by atoms with Gasteiger partial charge in [-0.25, -0.2) is 0 Å². The van der Waals surface area contributed by atoms with Crippen LogP contribution in [0.15, 0.2) is 48.2 Å². The summed E-state index contributed by atoms with van der Waals surface area (Å²) in [4.78, 5) is 17.1. The molecule has 0 saturated heterocycles. The average molecular weight is 298 g/mol. The third-order valence-electron chi connectivity index (χ3n) is 2.97. The fourth-order valence-corrected chi connectivity index (χ4v) is 2.63. The maximum absolute atomic E-state index is 12.0. The van der Waals surface area contributed by atoms with Crippen LogP contribution >= 0.6 is 11.3 Å². The van der Waals surface area contributed by atoms with Crippen LogP contribution in [0.1, 0.15) is 20.8 Å². The van der Waals surface area contributed by atoms with Crippen molar-refractivity contribution in [3.63, 3.8) is 0 Å². The second-order valence-corrected chi connectivity index (χ2v) is 5.77. The third-order valence-corrected chi connectivity index (χ3v) is 3.83. The molecule has 3 aromatic rings. The van der Waals surface area contributed by atoms with Gasteiger partial charge < -0.3 is 5.32 Å². The molecule has 0 unspecified atom stereocenters. The van der Waals surface area contributed by atoms with E-state index in [9.17, 15) is 4.79 Å². The molecule has 0 aliphatic carbocycles. The molecule has 0 fully saturated rings. The summed E-state index contributed by atoms with van der Waals surface area (Å²) in [5.74, 6) is 0.423. The monoisotopic (exact) mass is 298 g/mol. The van der Waals surface area contributed by atoms with E-state index < -0.39 is 0 Å². The zero-order chi connectivity index (χ0) is 14.7. The van der Waals surface area contributed by atoms with Crippen molar-refractivity contribution in [2.24, 2.45) is 0 Å². The van der Waals surface area contributed by atoms with E-state index in [1.165, 1.54) is 0 Å². The number of rotatable bonds is 4. The number of carbonyl (C=O) groups excluding carboxylic acids is 1. The minimum Gasteiger partial charge on any atom is -0.305 e. The Labute approximate surface area is 126 Å². The zero-order valence-corrected chi connectivity index (χ0v) is 12.3. The molecule has 0 saturated carbocycles. The van der Waals surface area contributed by atoms with Crippen LogP contribution in [0.25, 0.3) is 0 Å². The lowest BCUT2D eigenvalue weighted by atomic mass is 10.3. The number of aryl methyl sites for hydroxylation is 1. The van der Waals surface area contributed by atoms with E-state index in [2.05, 4.69) is 15.4 Å². The van der Waals surface area contributed by atoms with Crippen molar-refractivity contribution in [2.45, 2.75) is 13.5 Å². The van der Waals surface area contributed by atoms with E-state index in [0.717, 1.165) is 10.4 Å². The molecule has 3 rings (SSSR count). The van der Waals surface area contributed by atoms with Crippen molar-refractivity contribution < 1.29 is 4.79 Å². The number of anilines is 1. The van der Waals surface area contributed by atoms with Gasteiger partial charge in [0.25, 0.3) is 5.91 Å². The Hall–Kier alpha value is -2.47. The largest absolute Gasteiger partial charge is 0.305 e. The third kappa shape index (κ3) is 3.35. The highest BCUT2D eigenvalue weighted by atomic mass is 32.1. The summed E-state index contributed by atoms with van der Waals surface area (Å²) in [6, 6.07) is 7.54. The normalized spacial score (nSPS) is 10.5. The van der Waals surface area contributed by atoms with Crippen molar-refractivity contribution in [1.29, 1.82) is 0 Å². The second-order valence-electron chi connectivity index (χ2n) is 4.65. The molecule has 6 heteroatoms. The molecule has 21 heavy (non-hydrogen) atoms. The first-order valence-electron chi connectivity index (χ1n) is 6.49. The van der Waals surface area contributed by atoms with Crippen molar-refractivity contribution in [2.75, 3.05) is 5.32 Å². The summed E-state index contributed by atoms with van der Waals surface area (Å²) >= 11 is 1.56. The van der Waals surface area contributed by atoms with Crippen LogP contribution in [0.3, 0.4) is 0 Å². The number of carbonyl (C=O) groups is 1. The van der Waals surface area contributed by atoms with E-state index in [1.54, 1.807) is 34.5 Å². The first-order valence-corrected chi connectivity index (χ1v) is 7.37. The van der Waals surface area contributed by atoms with Gasteiger partial charge in [-0.3, -0.25) is 14.5 Å². The number of nitrogens with zero attached hydrogens (tertiary/aromatic N) is 3. The van der Waals surface area contributed by atoms with Crippen LogP contribution in [-0.2, 0) is 6.54 Å². The Morgan fingerprint density at radius 3 is 2.86 bits per heavy atom. The Balaban J connectivity index is 1.66. The van der Waals surface area contributed by atoms with Crippen LogP contribution in [0.2, 0.25) is 0 Å². The molecule has 1 N–H and O–H groups in total. The van der Waals surface area contributed by atoms with Gasteiger partial charge in [0.15, 0.2) is 5.82 Å². The molecule has 3 heterocycles. The fraction of sp³-hybridized carbons (Fsp3) is 0.133. The second kappa shape index (κ2) is 5.88. The number of hydrogen-bond acceptors (Lipinski definition) is 4. The zero-order valence-electron chi connectivity index (χ0n) is 11.5. The van der Waals surface area contributed by atoms with Crippen LogP contribution in [0.4, 0.5) is 5.82 Å². The van der Waals surface area contributed by atoms with E-state index in [0.29, 0.717) is 17.9 Å². The average Bonchev–Trinajstić information content (AvgIpc) is 3.09. The van der Waals surface area contributed by atoms with Gasteiger partial charge >= 0.3 is 0 Å². The van der Waals surface area contributed by atoms with Crippen LogP contribution in [0.5, 0.6) is 0 Å². The van der Waals surface area contributed by atoms with Gasteiger partial charge in [-0.05, 0) is 30.7 Å². The lowest BCUT2D eigenvalue weighted by Crippen LogP contribution is -2.12. The Kier molecular flexibility index (Phi) is 3.79. The molecular weight excluding hydrogens is 284 g/mol. The molecule has 3 aromatic heterocycles. The Morgan fingerprint density at radius 2 is 2.14 bits per heavy atom. The number of amides is 1. The molecule has 0 aliphatic heterocycles. The molecule has 0 bridgehead atoms. The number of thiophene rings is 1. The van der Waals surface area contributed by atoms with E-state index in [4.69, 9.17) is 0 Å². The number of aromatic nitrogens is 3. The molecule has 0 aliphatic rings. The molecule has 0 radical (unpaired) electrons. The molecule has 106 valence electrons. The lowest BCUT2D eigenvalue weighted by Gasteiger charge is -2.02. The summed E-state index contributed by atoms with van der Waals surface area (Å²) in [7, 11) is 0. The molecular formula is C15H14N4OS. The summed E-state index contributed by atoms with van der Waals surface area (Å²) in [6.45, 7) is 2.63. The first kappa shape index (κ1) is 13.5. The van der Waals surface area contributed by atoms with Crippen molar-refractivity contribution in [3.8, 4) is 0 Å². The van der Waals surface area contributed by atoms with Gasteiger partial charge in [0.2, 0.25) is 0 Å². The fourth-order valence-electron chi connectivity index (χ4n) is 1.94. The maximum Gasteiger partial charge on any atom is 0.257 e. The van der Waals surface area contributed by atoms with Gasteiger partial charge in [-0.15, -0.1) is 11.3 Å². The molecule has 0 spiro atoms. The Morgan fingerprint density at radius 1 is 1.33 bits per heavy atom. The highest BCUT2D eigenvalue weighted by Crippen LogP contribution is 2.15. The number of nitrogens with one attached hydrogen (secondary N) is 1. The lowest BCUT2D eigenvalue weighted by molar-refractivity contribution is 0.102. The van der Waals surface area contributed by atoms with E-state index in [1.807, 2.05) is 36.7 Å². The predicted octanol–water partition coefficient (Wildman–Crippen LogP) is 2.95. The summed E-state index contributed by atoms with van der Waals surface area (Å²) < 4.78 is 1.78. The highest BCUT2D eigenvalue weighted by Gasteiger charge is 2.09. The van der Waals surface area contributed by atoms with Crippen LogP contribution in [-0.4, -0.2) is 20.7 Å². The van der Waals surface area contributed by atoms with Crippen LogP contribution in [0, 0.1) is 6.92 Å². The number of pyridine rings is 1. The summed E-state index contributed by atoms with van der Waals surface area (Å²) in [5.41, 5.74) is 1.78. The van der Waals surface area contributed by atoms with Crippen molar-refractivity contribution >= 4 is 23.1 Å². The van der Waals surface area contributed by atoms with Gasteiger partial charge in [-0.2, -0.15) is 5.10 Å². The maximum atomic E-state index is 12.0. The van der Waals surface area contributed by atoms with Gasteiger partial charge in [-0.1, -0.05) is 0 Å². The van der Waals surface area contributed by atoms with E-state index >= 15 is 0 Å². The standard InChI is InChI=1S/C15H14N4OS/c1-11-8-13(10-21-11)15(20)17-14-4-7-19(18-14)9-12-2-5-16-6-3-12/h2-8,10H,9H2,1H3,(H,17,18,20). The molecule has 0 aromatic carbocycles. The van der Waals surface area contributed by atoms with Crippen LogP contribution < -0.4 is 5.32 Å². The van der Waals surface area contributed by atoms with Gasteiger partial charge in [0, 0.05) is 34.9 Å². The van der Waals surface area contributed by atoms with Gasteiger partial charge in [0.05, 0.1) is 12.1 Å². The molecule has 5 nitrogen and oxygen atoms in total. The Bertz CT molecular complexity index is 748. The molecule has 0 atom stereocenters. The van der Waals surface area contributed by atoms with Gasteiger partial charge in [0.1, 0.15) is 0 Å². The summed E-state index contributed by atoms with van der Waals surface area (Å²) in [6.07, 6.45) is 5.34. The molecule has 1 amide bonds. The SMILES string of the molecule is Cc1cc(C(=O)Nc2ccn(Cc3ccncc3)n2)cs1. The summed E-state index contributed by atoms with van der Waals surface area (Å²) in [5, 5.41) is 8.99. The topological polar surface area (TPSA) is 59.8 Å². The minimum absolute atomic E-state index is 0.131. The predicted molar refractivity (Wildman–Crippen MR) is 82.6 cm³/mol. The minimum atomic E-state index is -0.131. The quantitative estimate of drug-likeness (QED) is 0.805. The van der Waals surface area contributed by atoms with Crippen molar-refractivity contribution in [3.05, 3.63) is 64.2 Å². The first-order chi connectivity index (χ1) is 10.2. The smallest absolute Gasteiger partial charge is 0.257 e. The number of hydrogen-bond donors (Lipinski definition) is 1. The highest BCUT2D eigenvalue weighted by molar-refractivity contribution is 7.10. The van der Waals surface area contributed by atoms with Crippen molar-refractivity contribution in [1.82, 2.24) is 14.8 Å². The van der Waals surface area contributed by atoms with E-state index in [-0.39, 0.29) is 5.91 Å².